The van der Waals surface area contributed by atoms with E-state index in [4.69, 9.17) is 26.8 Å². The molecule has 7 nitrogen and oxygen atoms in total. The van der Waals surface area contributed by atoms with Gasteiger partial charge < -0.3 is 15.2 Å². The summed E-state index contributed by atoms with van der Waals surface area (Å²) in [6.07, 6.45) is 2.45. The second kappa shape index (κ2) is 11.0. The normalized spacial score (nSPS) is 16.3. The molecular weight excluding hydrogens is 438 g/mol. The number of halogens is 1. The van der Waals surface area contributed by atoms with Gasteiger partial charge in [0, 0.05) is 20.3 Å². The Kier molecular flexibility index (Phi) is 8.11. The van der Waals surface area contributed by atoms with E-state index in [2.05, 4.69) is 4.99 Å². The lowest BCUT2D eigenvalue weighted by Gasteiger charge is -2.15. The third-order valence-corrected chi connectivity index (χ3v) is 5.52. The van der Waals surface area contributed by atoms with E-state index in [1.807, 2.05) is 30.3 Å². The zero-order chi connectivity index (χ0) is 22.2. The number of benzene rings is 2. The van der Waals surface area contributed by atoms with Crippen LogP contribution in [0.25, 0.3) is 6.08 Å². The van der Waals surface area contributed by atoms with Gasteiger partial charge in [0.25, 0.3) is 11.8 Å². The van der Waals surface area contributed by atoms with Crippen molar-refractivity contribution in [2.45, 2.75) is 6.42 Å². The van der Waals surface area contributed by atoms with Crippen molar-refractivity contribution in [2.75, 3.05) is 26.9 Å². The molecule has 1 aliphatic rings. The molecule has 2 amide bonds. The average Bonchev–Trinajstić information content (AvgIpc) is 3.03. The summed E-state index contributed by atoms with van der Waals surface area (Å²) in [4.78, 5) is 30.8. The first kappa shape index (κ1) is 22.9. The summed E-state index contributed by atoms with van der Waals surface area (Å²) < 4.78 is 10.4. The van der Waals surface area contributed by atoms with E-state index >= 15 is 0 Å². The topological polar surface area (TPSA) is 94.2 Å². The third-order valence-electron chi connectivity index (χ3n) is 4.22. The van der Waals surface area contributed by atoms with Crippen molar-refractivity contribution in [3.63, 3.8) is 0 Å². The minimum Gasteiger partial charge on any atom is -0.482 e. The smallest absolute Gasteiger partial charge is 0.266 e. The summed E-state index contributed by atoms with van der Waals surface area (Å²) in [6.45, 7) is 0.794. The van der Waals surface area contributed by atoms with Gasteiger partial charge in [-0.2, -0.15) is 0 Å². The van der Waals surface area contributed by atoms with Crippen LogP contribution >= 0.6 is 23.4 Å². The van der Waals surface area contributed by atoms with Crippen LogP contribution in [0, 0.1) is 0 Å². The molecule has 0 atom stereocenters. The first-order chi connectivity index (χ1) is 15.0. The third kappa shape index (κ3) is 6.33. The standard InChI is InChI=1S/C22H22ClN3O4S/c1-29-11-5-10-26-21(28)19(31-22(26)25-16-6-3-2-4-7-16)13-15-8-9-18(17(23)12-15)30-14-20(24)27/h2-4,6-9,12-13H,5,10-11,14H2,1H3,(H2,24,27). The molecular formula is C22H22ClN3O4S. The molecule has 0 radical (unpaired) electrons. The number of carbonyl (C=O) groups excluding carboxylic acids is 2. The zero-order valence-electron chi connectivity index (χ0n) is 16.9. The van der Waals surface area contributed by atoms with Crippen LogP contribution in [0.1, 0.15) is 12.0 Å². The number of hydrogen-bond donors (Lipinski definition) is 1. The summed E-state index contributed by atoms with van der Waals surface area (Å²) in [5, 5.41) is 0.937. The number of aliphatic imine (C=N–C) groups is 1. The lowest BCUT2D eigenvalue weighted by atomic mass is 10.2. The van der Waals surface area contributed by atoms with Crippen LogP contribution in [0.5, 0.6) is 5.75 Å². The minimum atomic E-state index is -0.589. The predicted octanol–water partition coefficient (Wildman–Crippen LogP) is 3.84. The highest BCUT2D eigenvalue weighted by Gasteiger charge is 2.33. The molecule has 9 heteroatoms. The van der Waals surface area contributed by atoms with Crippen molar-refractivity contribution in [1.29, 1.82) is 0 Å². The van der Waals surface area contributed by atoms with E-state index < -0.39 is 5.91 Å². The van der Waals surface area contributed by atoms with E-state index in [1.54, 1.807) is 36.3 Å². The Morgan fingerprint density at radius 2 is 2.03 bits per heavy atom. The first-order valence-electron chi connectivity index (χ1n) is 9.52. The van der Waals surface area contributed by atoms with Crippen molar-refractivity contribution in [2.24, 2.45) is 10.7 Å². The van der Waals surface area contributed by atoms with E-state index in [0.717, 1.165) is 11.3 Å². The molecule has 31 heavy (non-hydrogen) atoms. The molecule has 1 aliphatic heterocycles. The monoisotopic (exact) mass is 459 g/mol. The summed E-state index contributed by atoms with van der Waals surface area (Å²) in [5.41, 5.74) is 6.59. The van der Waals surface area contributed by atoms with Crippen LogP contribution in [0.15, 0.2) is 58.4 Å². The highest BCUT2D eigenvalue weighted by atomic mass is 35.5. The number of methoxy groups -OCH3 is 1. The number of rotatable bonds is 9. The van der Waals surface area contributed by atoms with Crippen LogP contribution in [0.3, 0.4) is 0 Å². The quantitative estimate of drug-likeness (QED) is 0.454. The van der Waals surface area contributed by atoms with E-state index in [9.17, 15) is 9.59 Å². The maximum atomic E-state index is 13.0. The predicted molar refractivity (Wildman–Crippen MR) is 123 cm³/mol. The largest absolute Gasteiger partial charge is 0.482 e. The van der Waals surface area contributed by atoms with Crippen LogP contribution < -0.4 is 10.5 Å². The second-order valence-corrected chi connectivity index (χ2v) is 8.00. The molecule has 1 fully saturated rings. The van der Waals surface area contributed by atoms with Gasteiger partial charge in [-0.25, -0.2) is 4.99 Å². The average molecular weight is 460 g/mol. The van der Waals surface area contributed by atoms with Gasteiger partial charge >= 0.3 is 0 Å². The van der Waals surface area contributed by atoms with Crippen molar-refractivity contribution in [3.8, 4) is 5.75 Å². The fourth-order valence-electron chi connectivity index (χ4n) is 2.79. The molecule has 0 aliphatic carbocycles. The molecule has 2 aromatic carbocycles. The van der Waals surface area contributed by atoms with Gasteiger partial charge in [-0.1, -0.05) is 35.9 Å². The Bertz CT molecular complexity index is 1010. The Morgan fingerprint density at radius 3 is 2.71 bits per heavy atom. The van der Waals surface area contributed by atoms with Gasteiger partial charge in [0.1, 0.15) is 5.75 Å². The maximum absolute atomic E-state index is 13.0. The second-order valence-electron chi connectivity index (χ2n) is 6.59. The van der Waals surface area contributed by atoms with Gasteiger partial charge in [0.15, 0.2) is 11.8 Å². The highest BCUT2D eigenvalue weighted by molar-refractivity contribution is 8.18. The van der Waals surface area contributed by atoms with Gasteiger partial charge in [-0.05, 0) is 54.1 Å². The van der Waals surface area contributed by atoms with Crippen LogP contribution in [0.4, 0.5) is 5.69 Å². The number of nitrogens with zero attached hydrogens (tertiary/aromatic N) is 2. The van der Waals surface area contributed by atoms with Crippen molar-refractivity contribution in [3.05, 3.63) is 64.0 Å². The number of thioether (sulfide) groups is 1. The maximum Gasteiger partial charge on any atom is 0.266 e. The molecule has 162 valence electrons. The van der Waals surface area contributed by atoms with Crippen molar-refractivity contribution < 1.29 is 19.1 Å². The fraction of sp³-hybridized carbons (Fsp3) is 0.227. The number of para-hydroxylation sites is 1. The van der Waals surface area contributed by atoms with Crippen LogP contribution in [-0.2, 0) is 14.3 Å². The van der Waals surface area contributed by atoms with Crippen molar-refractivity contribution in [1.82, 2.24) is 4.90 Å². The number of carbonyl (C=O) groups is 2. The number of nitrogens with two attached hydrogens (primary N) is 1. The Labute approximate surface area is 189 Å². The SMILES string of the molecule is COCCCN1C(=O)C(=Cc2ccc(OCC(N)=O)c(Cl)c2)SC1=Nc1ccccc1. The number of amidine groups is 1. The minimum absolute atomic E-state index is 0.124. The van der Waals surface area contributed by atoms with E-state index in [0.29, 0.717) is 40.4 Å². The van der Waals surface area contributed by atoms with E-state index in [1.165, 1.54) is 11.8 Å². The van der Waals surface area contributed by atoms with Crippen LogP contribution in [-0.4, -0.2) is 48.8 Å². The molecule has 2 N–H and O–H groups in total. The molecule has 0 bridgehead atoms. The first-order valence-corrected chi connectivity index (χ1v) is 10.7. The summed E-state index contributed by atoms with van der Waals surface area (Å²) in [5.74, 6) is -0.365. The van der Waals surface area contributed by atoms with Gasteiger partial charge in [-0.3, -0.25) is 14.5 Å². The van der Waals surface area contributed by atoms with Gasteiger partial charge in [0.2, 0.25) is 0 Å². The molecule has 0 unspecified atom stereocenters. The summed E-state index contributed by atoms with van der Waals surface area (Å²) in [7, 11) is 1.63. The Morgan fingerprint density at radius 1 is 1.26 bits per heavy atom. The number of amides is 2. The van der Waals surface area contributed by atoms with Crippen LogP contribution in [0.2, 0.25) is 5.02 Å². The van der Waals surface area contributed by atoms with Crippen molar-refractivity contribution >= 4 is 52.1 Å². The molecule has 0 saturated carbocycles. The van der Waals surface area contributed by atoms with Gasteiger partial charge in [-0.15, -0.1) is 0 Å². The fourth-order valence-corrected chi connectivity index (χ4v) is 4.06. The molecule has 0 aromatic heterocycles. The van der Waals surface area contributed by atoms with Gasteiger partial charge in [0.05, 0.1) is 15.6 Å². The molecule has 2 aromatic rings. The lowest BCUT2D eigenvalue weighted by molar-refractivity contribution is -0.122. The number of ether oxygens (including phenoxy) is 2. The molecule has 0 spiro atoms. The Hall–Kier alpha value is -2.81. The van der Waals surface area contributed by atoms with E-state index in [-0.39, 0.29) is 12.5 Å². The zero-order valence-corrected chi connectivity index (χ0v) is 18.5. The number of hydrogen-bond acceptors (Lipinski definition) is 6. The molecule has 3 rings (SSSR count). The number of primary amides is 1. The summed E-state index contributed by atoms with van der Waals surface area (Å²) >= 11 is 7.55. The Balaban J connectivity index is 1.84. The lowest BCUT2D eigenvalue weighted by Crippen LogP contribution is -2.30. The molecule has 1 saturated heterocycles. The highest BCUT2D eigenvalue weighted by Crippen LogP contribution is 2.35. The molecule has 1 heterocycles. The summed E-state index contributed by atoms with van der Waals surface area (Å²) in [6, 6.07) is 14.5.